The van der Waals surface area contributed by atoms with Crippen LogP contribution in [0.2, 0.25) is 0 Å². The van der Waals surface area contributed by atoms with Gasteiger partial charge in [-0.05, 0) is 19.4 Å². The zero-order valence-electron chi connectivity index (χ0n) is 11.3. The molecule has 2 N–H and O–H groups in total. The highest BCUT2D eigenvalue weighted by molar-refractivity contribution is 7.89. The minimum Gasteiger partial charge on any atom is -0.392 e. The molecule has 7 nitrogen and oxygen atoms in total. The molecule has 1 unspecified atom stereocenters. The Labute approximate surface area is 118 Å². The molecule has 3 rings (SSSR count). The number of nitrogens with one attached hydrogen (secondary N) is 1. The average Bonchev–Trinajstić information content (AvgIpc) is 2.96. The monoisotopic (exact) mass is 300 g/mol. The Morgan fingerprint density at radius 3 is 3.00 bits per heavy atom. The highest BCUT2D eigenvalue weighted by atomic mass is 32.2. The number of hydrogen-bond donors (Lipinski definition) is 2. The van der Waals surface area contributed by atoms with Gasteiger partial charge in [-0.15, -0.1) is 0 Å². The lowest BCUT2D eigenvalue weighted by molar-refractivity contribution is 0.0850. The third-order valence-electron chi connectivity index (χ3n) is 4.25. The van der Waals surface area contributed by atoms with Crippen LogP contribution in [-0.2, 0) is 16.6 Å². The van der Waals surface area contributed by atoms with E-state index in [0.717, 1.165) is 19.5 Å². The second-order valence-corrected chi connectivity index (χ2v) is 7.31. The van der Waals surface area contributed by atoms with Crippen molar-refractivity contribution in [1.82, 2.24) is 19.4 Å². The van der Waals surface area contributed by atoms with Crippen molar-refractivity contribution in [2.75, 3.05) is 26.2 Å². The highest BCUT2D eigenvalue weighted by Crippen LogP contribution is 2.25. The first kappa shape index (κ1) is 14.0. The smallest absolute Gasteiger partial charge is 0.260 e. The van der Waals surface area contributed by atoms with Gasteiger partial charge in [-0.25, -0.2) is 8.42 Å². The Balaban J connectivity index is 1.82. The van der Waals surface area contributed by atoms with Crippen LogP contribution in [0.5, 0.6) is 0 Å². The van der Waals surface area contributed by atoms with Crippen LogP contribution < -0.4 is 0 Å². The normalized spacial score (nSPS) is 25.6. The molecular weight excluding hydrogens is 280 g/mol. The molecule has 2 aliphatic rings. The largest absolute Gasteiger partial charge is 0.392 e. The number of aliphatic hydroxyl groups excluding tert-OH is 1. The van der Waals surface area contributed by atoms with E-state index in [4.69, 9.17) is 0 Å². The minimum atomic E-state index is -3.58. The number of piperidine rings is 1. The molecule has 20 heavy (non-hydrogen) atoms. The van der Waals surface area contributed by atoms with E-state index in [0.29, 0.717) is 24.7 Å². The van der Waals surface area contributed by atoms with Crippen LogP contribution >= 0.6 is 0 Å². The van der Waals surface area contributed by atoms with Crippen molar-refractivity contribution in [2.45, 2.75) is 36.9 Å². The summed E-state index contributed by atoms with van der Waals surface area (Å²) in [6, 6.07) is 0.327. The van der Waals surface area contributed by atoms with Crippen molar-refractivity contribution in [3.05, 3.63) is 11.8 Å². The zero-order chi connectivity index (χ0) is 14.2. The van der Waals surface area contributed by atoms with E-state index >= 15 is 0 Å². The van der Waals surface area contributed by atoms with E-state index in [9.17, 15) is 13.5 Å². The minimum absolute atomic E-state index is 0.0317. The molecule has 0 spiro atoms. The lowest BCUT2D eigenvalue weighted by Crippen LogP contribution is -2.56. The van der Waals surface area contributed by atoms with Crippen LogP contribution in [-0.4, -0.2) is 65.1 Å². The summed E-state index contributed by atoms with van der Waals surface area (Å²) < 4.78 is 26.8. The average molecular weight is 300 g/mol. The Kier molecular flexibility index (Phi) is 3.80. The summed E-state index contributed by atoms with van der Waals surface area (Å²) in [5, 5.41) is 15.5. The van der Waals surface area contributed by atoms with Gasteiger partial charge in [-0.2, -0.15) is 9.40 Å². The maximum absolute atomic E-state index is 12.6. The predicted octanol–water partition coefficient (Wildman–Crippen LogP) is -0.239. The van der Waals surface area contributed by atoms with Gasteiger partial charge in [0.2, 0.25) is 0 Å². The van der Waals surface area contributed by atoms with Crippen molar-refractivity contribution in [3.63, 3.8) is 0 Å². The molecule has 2 fully saturated rings. The van der Waals surface area contributed by atoms with Crippen LogP contribution in [0, 0.1) is 0 Å². The maximum atomic E-state index is 12.6. The number of hydrogen-bond acceptors (Lipinski definition) is 5. The van der Waals surface area contributed by atoms with E-state index in [1.54, 1.807) is 0 Å². The number of fused-ring (bicyclic) bond motifs is 1. The number of aliphatic hydroxyl groups is 1. The molecule has 1 aromatic rings. The van der Waals surface area contributed by atoms with Gasteiger partial charge in [0, 0.05) is 31.2 Å². The lowest BCUT2D eigenvalue weighted by Gasteiger charge is -2.43. The number of rotatable bonds is 3. The molecule has 0 aliphatic carbocycles. The van der Waals surface area contributed by atoms with E-state index in [1.165, 1.54) is 23.3 Å². The third kappa shape index (κ3) is 2.37. The standard InChI is InChI=1S/C12H20N4O3S/c17-9-10-7-13-14-12(10)20(18,19)16-6-5-15-4-2-1-3-11(15)8-16/h7,11,17H,1-6,8-9H2,(H,13,14). The van der Waals surface area contributed by atoms with E-state index < -0.39 is 10.0 Å². The van der Waals surface area contributed by atoms with Gasteiger partial charge >= 0.3 is 0 Å². The van der Waals surface area contributed by atoms with Crippen LogP contribution in [0.4, 0.5) is 0 Å². The first-order valence-corrected chi connectivity index (χ1v) is 8.44. The van der Waals surface area contributed by atoms with Crippen molar-refractivity contribution in [1.29, 1.82) is 0 Å². The SMILES string of the molecule is O=S(=O)(c1[nH]ncc1CO)N1CCN2CCCCC2C1. The molecule has 0 saturated carbocycles. The summed E-state index contributed by atoms with van der Waals surface area (Å²) in [6.07, 6.45) is 4.80. The number of nitrogens with zero attached hydrogens (tertiary/aromatic N) is 3. The molecule has 2 aliphatic heterocycles. The van der Waals surface area contributed by atoms with Crippen molar-refractivity contribution in [2.24, 2.45) is 0 Å². The number of aromatic amines is 1. The fourth-order valence-corrected chi connectivity index (χ4v) is 4.68. The molecule has 112 valence electrons. The summed E-state index contributed by atoms with van der Waals surface area (Å²) >= 11 is 0. The summed E-state index contributed by atoms with van der Waals surface area (Å²) in [5.41, 5.74) is 0.330. The topological polar surface area (TPSA) is 89.5 Å². The van der Waals surface area contributed by atoms with Crippen LogP contribution in [0.1, 0.15) is 24.8 Å². The fourth-order valence-electron chi connectivity index (χ4n) is 3.11. The van der Waals surface area contributed by atoms with Crippen LogP contribution in [0.3, 0.4) is 0 Å². The Hall–Kier alpha value is -0.960. The van der Waals surface area contributed by atoms with Gasteiger partial charge in [0.1, 0.15) is 0 Å². The van der Waals surface area contributed by atoms with E-state index in [2.05, 4.69) is 15.1 Å². The molecule has 2 saturated heterocycles. The van der Waals surface area contributed by atoms with Gasteiger partial charge in [0.15, 0.2) is 5.03 Å². The van der Waals surface area contributed by atoms with Crippen LogP contribution in [0.15, 0.2) is 11.2 Å². The molecule has 3 heterocycles. The molecule has 8 heteroatoms. The predicted molar refractivity (Wildman–Crippen MR) is 72.5 cm³/mol. The first-order valence-electron chi connectivity index (χ1n) is 7.00. The second-order valence-electron chi connectivity index (χ2n) is 5.43. The summed E-state index contributed by atoms with van der Waals surface area (Å²) in [7, 11) is -3.58. The van der Waals surface area contributed by atoms with Crippen molar-refractivity contribution < 1.29 is 13.5 Å². The van der Waals surface area contributed by atoms with Gasteiger partial charge < -0.3 is 5.11 Å². The molecule has 0 amide bonds. The fraction of sp³-hybridized carbons (Fsp3) is 0.750. The summed E-state index contributed by atoms with van der Waals surface area (Å²) in [4.78, 5) is 2.38. The number of aromatic nitrogens is 2. The number of sulfonamides is 1. The van der Waals surface area contributed by atoms with Gasteiger partial charge in [0.05, 0.1) is 12.8 Å². The molecule has 0 aromatic carbocycles. The van der Waals surface area contributed by atoms with Crippen molar-refractivity contribution >= 4 is 10.0 Å². The lowest BCUT2D eigenvalue weighted by atomic mass is 10.0. The van der Waals surface area contributed by atoms with Gasteiger partial charge in [-0.3, -0.25) is 10.00 Å². The Bertz CT molecular complexity index is 571. The number of H-pyrrole nitrogens is 1. The maximum Gasteiger partial charge on any atom is 0.260 e. The summed E-state index contributed by atoms with van der Waals surface area (Å²) in [6.45, 7) is 2.57. The van der Waals surface area contributed by atoms with Gasteiger partial charge in [0.25, 0.3) is 10.0 Å². The molecule has 0 radical (unpaired) electrons. The van der Waals surface area contributed by atoms with E-state index in [1.807, 2.05) is 0 Å². The highest BCUT2D eigenvalue weighted by Gasteiger charge is 2.36. The quantitative estimate of drug-likeness (QED) is 0.804. The van der Waals surface area contributed by atoms with E-state index in [-0.39, 0.29) is 11.6 Å². The Morgan fingerprint density at radius 1 is 1.35 bits per heavy atom. The van der Waals surface area contributed by atoms with Crippen LogP contribution in [0.25, 0.3) is 0 Å². The van der Waals surface area contributed by atoms with Gasteiger partial charge in [-0.1, -0.05) is 6.42 Å². The zero-order valence-corrected chi connectivity index (χ0v) is 12.1. The summed E-state index contributed by atoms with van der Waals surface area (Å²) in [5.74, 6) is 0. The molecule has 0 bridgehead atoms. The Morgan fingerprint density at radius 2 is 2.20 bits per heavy atom. The number of piperazine rings is 1. The molecule has 1 atom stereocenters. The second kappa shape index (κ2) is 5.44. The first-order chi connectivity index (χ1) is 9.63. The molecule has 1 aromatic heterocycles. The van der Waals surface area contributed by atoms with Crippen molar-refractivity contribution in [3.8, 4) is 0 Å². The third-order valence-corrected chi connectivity index (χ3v) is 6.13. The molecular formula is C12H20N4O3S.